The van der Waals surface area contributed by atoms with Crippen molar-refractivity contribution in [3.05, 3.63) is 22.6 Å². The maximum absolute atomic E-state index is 12.2. The van der Waals surface area contributed by atoms with Gasteiger partial charge in [0, 0.05) is 37.5 Å². The van der Waals surface area contributed by atoms with Gasteiger partial charge in [-0.05, 0) is 0 Å². The van der Waals surface area contributed by atoms with E-state index in [-0.39, 0.29) is 17.5 Å². The monoisotopic (exact) mass is 281 g/mol. The second kappa shape index (κ2) is 5.34. The number of thioether (sulfide) groups is 1. The number of morpholine rings is 1. The fourth-order valence-corrected chi connectivity index (χ4v) is 3.51. The first-order valence-electron chi connectivity index (χ1n) is 6.31. The highest BCUT2D eigenvalue weighted by Gasteiger charge is 2.28. The Labute approximate surface area is 114 Å². The minimum absolute atomic E-state index is 0.0726. The zero-order valence-corrected chi connectivity index (χ0v) is 11.3. The van der Waals surface area contributed by atoms with Crippen LogP contribution < -0.4 is 5.56 Å². The third-order valence-electron chi connectivity index (χ3n) is 3.39. The van der Waals surface area contributed by atoms with E-state index in [2.05, 4.69) is 4.98 Å². The quantitative estimate of drug-likeness (QED) is 0.722. The summed E-state index contributed by atoms with van der Waals surface area (Å²) in [6.07, 6.45) is 1.89. The number of hydrogen-bond donors (Lipinski definition) is 0. The summed E-state index contributed by atoms with van der Waals surface area (Å²) in [5, 5.41) is 0.715. The number of aromatic nitrogens is 2. The molecule has 0 spiro atoms. The van der Waals surface area contributed by atoms with Crippen molar-refractivity contribution in [3.63, 3.8) is 0 Å². The number of carbonyl (C=O) groups is 1. The molecule has 0 unspecified atom stereocenters. The molecule has 1 aromatic rings. The molecule has 7 heteroatoms. The lowest BCUT2D eigenvalue weighted by Crippen LogP contribution is -2.42. The average molecular weight is 281 g/mol. The molecule has 3 heterocycles. The van der Waals surface area contributed by atoms with Crippen LogP contribution in [0.25, 0.3) is 0 Å². The molecular formula is C12H15N3O3S. The molecule has 0 aliphatic carbocycles. The van der Waals surface area contributed by atoms with Gasteiger partial charge < -0.3 is 9.64 Å². The molecule has 6 nitrogen and oxygen atoms in total. The van der Waals surface area contributed by atoms with E-state index in [1.807, 2.05) is 4.90 Å². The van der Waals surface area contributed by atoms with Crippen molar-refractivity contribution < 1.29 is 9.53 Å². The molecule has 0 bridgehead atoms. The van der Waals surface area contributed by atoms with Crippen molar-refractivity contribution in [2.75, 3.05) is 32.1 Å². The molecule has 1 atom stereocenters. The van der Waals surface area contributed by atoms with Gasteiger partial charge in [-0.2, -0.15) is 0 Å². The van der Waals surface area contributed by atoms with Crippen molar-refractivity contribution in [2.24, 2.45) is 0 Å². The van der Waals surface area contributed by atoms with Gasteiger partial charge in [0.15, 0.2) is 5.16 Å². The van der Waals surface area contributed by atoms with Gasteiger partial charge in [-0.15, -0.1) is 0 Å². The van der Waals surface area contributed by atoms with E-state index < -0.39 is 0 Å². The molecule has 1 fully saturated rings. The SMILES string of the molecule is O=C(C[C@@H]1CSc2nccc(=O)n21)N1CCOCC1. The van der Waals surface area contributed by atoms with Crippen molar-refractivity contribution in [1.82, 2.24) is 14.5 Å². The topological polar surface area (TPSA) is 64.4 Å². The van der Waals surface area contributed by atoms with Crippen LogP contribution in [0.3, 0.4) is 0 Å². The first kappa shape index (κ1) is 12.7. The van der Waals surface area contributed by atoms with Gasteiger partial charge in [-0.1, -0.05) is 11.8 Å². The van der Waals surface area contributed by atoms with Crippen LogP contribution in [0, 0.1) is 0 Å². The lowest BCUT2D eigenvalue weighted by atomic mass is 10.2. The van der Waals surface area contributed by atoms with Gasteiger partial charge in [-0.25, -0.2) is 4.98 Å². The van der Waals surface area contributed by atoms with Crippen LogP contribution in [0.2, 0.25) is 0 Å². The molecule has 1 amide bonds. The molecule has 0 saturated carbocycles. The van der Waals surface area contributed by atoms with Gasteiger partial charge in [0.05, 0.1) is 19.3 Å². The Morgan fingerprint density at radius 1 is 1.47 bits per heavy atom. The summed E-state index contributed by atoms with van der Waals surface area (Å²) in [7, 11) is 0. The number of carbonyl (C=O) groups excluding carboxylic acids is 1. The number of rotatable bonds is 2. The fraction of sp³-hybridized carbons (Fsp3) is 0.583. The molecule has 102 valence electrons. The third kappa shape index (κ3) is 2.52. The summed E-state index contributed by atoms with van der Waals surface area (Å²) in [5.41, 5.74) is -0.0743. The lowest BCUT2D eigenvalue weighted by Gasteiger charge is -2.28. The van der Waals surface area contributed by atoms with Crippen molar-refractivity contribution in [3.8, 4) is 0 Å². The van der Waals surface area contributed by atoms with Crippen LogP contribution in [-0.2, 0) is 9.53 Å². The van der Waals surface area contributed by atoms with E-state index in [1.165, 1.54) is 24.0 Å². The number of fused-ring (bicyclic) bond motifs is 1. The molecule has 3 rings (SSSR count). The first-order valence-corrected chi connectivity index (χ1v) is 7.30. The highest BCUT2D eigenvalue weighted by atomic mass is 32.2. The van der Waals surface area contributed by atoms with Crippen LogP contribution >= 0.6 is 11.8 Å². The molecule has 0 N–H and O–H groups in total. The van der Waals surface area contributed by atoms with Gasteiger partial charge in [0.1, 0.15) is 0 Å². The summed E-state index contributed by atoms with van der Waals surface area (Å²) in [6, 6.07) is 1.37. The Kier molecular flexibility index (Phi) is 3.56. The van der Waals surface area contributed by atoms with Crippen LogP contribution in [-0.4, -0.2) is 52.4 Å². The third-order valence-corrected chi connectivity index (χ3v) is 4.50. The Morgan fingerprint density at radius 3 is 3.05 bits per heavy atom. The van der Waals surface area contributed by atoms with Gasteiger partial charge in [0.2, 0.25) is 5.91 Å². The molecule has 0 radical (unpaired) electrons. The highest BCUT2D eigenvalue weighted by molar-refractivity contribution is 7.99. The summed E-state index contributed by atoms with van der Waals surface area (Å²) in [6.45, 7) is 2.49. The largest absolute Gasteiger partial charge is 0.378 e. The minimum Gasteiger partial charge on any atom is -0.378 e. The van der Waals surface area contributed by atoms with Gasteiger partial charge in [0.25, 0.3) is 5.56 Å². The number of hydrogen-bond acceptors (Lipinski definition) is 5. The maximum atomic E-state index is 12.2. The lowest BCUT2D eigenvalue weighted by molar-refractivity contribution is -0.136. The summed E-state index contributed by atoms with van der Waals surface area (Å²) >= 11 is 1.54. The van der Waals surface area contributed by atoms with Crippen LogP contribution in [0.15, 0.2) is 22.2 Å². The van der Waals surface area contributed by atoms with Gasteiger partial charge in [-0.3, -0.25) is 14.2 Å². The van der Waals surface area contributed by atoms with E-state index >= 15 is 0 Å². The number of nitrogens with zero attached hydrogens (tertiary/aromatic N) is 3. The number of amides is 1. The fourth-order valence-electron chi connectivity index (χ4n) is 2.38. The Balaban J connectivity index is 1.72. The van der Waals surface area contributed by atoms with E-state index in [9.17, 15) is 9.59 Å². The van der Waals surface area contributed by atoms with Crippen molar-refractivity contribution >= 4 is 17.7 Å². The first-order chi connectivity index (χ1) is 9.25. The van der Waals surface area contributed by atoms with E-state index in [0.29, 0.717) is 37.9 Å². The Hall–Kier alpha value is -1.34. The van der Waals surface area contributed by atoms with Crippen LogP contribution in [0.1, 0.15) is 12.5 Å². The molecular weight excluding hydrogens is 266 g/mol. The molecule has 2 aliphatic rings. The Morgan fingerprint density at radius 2 is 2.26 bits per heavy atom. The van der Waals surface area contributed by atoms with Crippen molar-refractivity contribution in [2.45, 2.75) is 17.6 Å². The second-order valence-corrected chi connectivity index (χ2v) is 5.58. The zero-order valence-electron chi connectivity index (χ0n) is 10.4. The molecule has 19 heavy (non-hydrogen) atoms. The summed E-state index contributed by atoms with van der Waals surface area (Å²) in [5.74, 6) is 0.833. The normalized spacial score (nSPS) is 22.3. The zero-order chi connectivity index (χ0) is 13.2. The maximum Gasteiger partial charge on any atom is 0.254 e. The Bertz CT molecular complexity index is 539. The predicted octanol–water partition coefficient (Wildman–Crippen LogP) is 0.139. The standard InChI is InChI=1S/C12H15N3O3S/c16-10-1-2-13-12-15(10)9(8-19-12)7-11(17)14-3-5-18-6-4-14/h1-2,9H,3-8H2/t9-/m1/s1. The van der Waals surface area contributed by atoms with Crippen LogP contribution in [0.4, 0.5) is 0 Å². The minimum atomic E-state index is -0.0743. The van der Waals surface area contributed by atoms with E-state index in [0.717, 1.165) is 5.75 Å². The predicted molar refractivity (Wildman–Crippen MR) is 70.3 cm³/mol. The van der Waals surface area contributed by atoms with E-state index in [1.54, 1.807) is 4.57 Å². The molecule has 2 aliphatic heterocycles. The second-order valence-electron chi connectivity index (χ2n) is 4.60. The average Bonchev–Trinajstić information content (AvgIpc) is 2.84. The molecule has 0 aromatic carbocycles. The highest BCUT2D eigenvalue weighted by Crippen LogP contribution is 2.31. The van der Waals surface area contributed by atoms with E-state index in [4.69, 9.17) is 4.74 Å². The summed E-state index contributed by atoms with van der Waals surface area (Å²) < 4.78 is 6.87. The number of ether oxygens (including phenoxy) is 1. The molecule has 1 aromatic heterocycles. The van der Waals surface area contributed by atoms with Crippen molar-refractivity contribution in [1.29, 1.82) is 0 Å². The smallest absolute Gasteiger partial charge is 0.254 e. The molecule has 1 saturated heterocycles. The van der Waals surface area contributed by atoms with Gasteiger partial charge >= 0.3 is 0 Å². The summed E-state index contributed by atoms with van der Waals surface area (Å²) in [4.78, 5) is 30.0. The van der Waals surface area contributed by atoms with Crippen LogP contribution in [0.5, 0.6) is 0 Å².